The molecule has 7 heavy (non-hydrogen) atoms. The van der Waals surface area contributed by atoms with Gasteiger partial charge in [-0.25, -0.2) is 0 Å². The molecule has 0 aliphatic rings. The van der Waals surface area contributed by atoms with E-state index in [2.05, 4.69) is 0 Å². The summed E-state index contributed by atoms with van der Waals surface area (Å²) in [7, 11) is 0. The van der Waals surface area contributed by atoms with Crippen LogP contribution in [-0.2, 0) is 0 Å². The molecule has 0 spiro atoms. The van der Waals surface area contributed by atoms with E-state index in [1.165, 1.54) is 11.8 Å². The van der Waals surface area contributed by atoms with Crippen LogP contribution in [0, 0.1) is 16.7 Å². The van der Waals surface area contributed by atoms with Gasteiger partial charge in [0, 0.05) is 0 Å². The summed E-state index contributed by atoms with van der Waals surface area (Å²) in [6.45, 7) is 1.91. The van der Waals surface area contributed by atoms with Gasteiger partial charge in [-0.2, -0.15) is 5.26 Å². The van der Waals surface area contributed by atoms with E-state index in [0.29, 0.717) is 0 Å². The van der Waals surface area contributed by atoms with Crippen molar-refractivity contribution in [3.63, 3.8) is 0 Å². The second kappa shape index (κ2) is 3.69. The van der Waals surface area contributed by atoms with Crippen molar-refractivity contribution < 1.29 is 0 Å². The molecule has 1 N–H and O–H groups in total. The fourth-order valence-corrected chi connectivity index (χ4v) is 0.530. The maximum absolute atomic E-state index is 7.97. The number of thioether (sulfide) groups is 1. The van der Waals surface area contributed by atoms with E-state index >= 15 is 0 Å². The molecule has 0 saturated heterocycles. The number of rotatable bonds is 1. The summed E-state index contributed by atoms with van der Waals surface area (Å²) < 4.78 is 0. The highest BCUT2D eigenvalue weighted by molar-refractivity contribution is 8.14. The highest BCUT2D eigenvalue weighted by Crippen LogP contribution is 1.97. The Kier molecular flexibility index (Phi) is 3.43. The predicted octanol–water partition coefficient (Wildman–Crippen LogP) is 1.24. The first-order chi connectivity index (χ1) is 3.31. The second-order valence-corrected chi connectivity index (χ2v) is 2.15. The van der Waals surface area contributed by atoms with Crippen LogP contribution in [0.5, 0.6) is 0 Å². The van der Waals surface area contributed by atoms with E-state index < -0.39 is 0 Å². The number of nitriles is 1. The van der Waals surface area contributed by atoms with Crippen LogP contribution in [0.2, 0.25) is 0 Å². The van der Waals surface area contributed by atoms with E-state index in [0.717, 1.165) is 5.75 Å². The molecule has 0 heterocycles. The Morgan fingerprint density at radius 2 is 2.57 bits per heavy atom. The lowest BCUT2D eigenvalue weighted by Gasteiger charge is -1.82. The molecule has 0 aliphatic carbocycles. The van der Waals surface area contributed by atoms with Crippen molar-refractivity contribution in [2.75, 3.05) is 5.75 Å². The van der Waals surface area contributed by atoms with Crippen molar-refractivity contribution >= 4 is 16.8 Å². The second-order valence-electron chi connectivity index (χ2n) is 0.874. The summed E-state index contributed by atoms with van der Waals surface area (Å²) in [5.74, 6) is 0.812. The van der Waals surface area contributed by atoms with Gasteiger partial charge < -0.3 is 0 Å². The Morgan fingerprint density at radius 3 is 2.71 bits per heavy atom. The average molecular weight is 114 g/mol. The maximum Gasteiger partial charge on any atom is 0.166 e. The molecule has 3 heteroatoms. The number of nitrogens with one attached hydrogen (secondary N) is 1. The van der Waals surface area contributed by atoms with E-state index in [4.69, 9.17) is 10.7 Å². The molecule has 0 radical (unpaired) electrons. The van der Waals surface area contributed by atoms with E-state index in [1.54, 1.807) is 6.07 Å². The SMILES string of the molecule is CCSC(=N)C#N. The van der Waals surface area contributed by atoms with Crippen LogP contribution < -0.4 is 0 Å². The predicted molar refractivity (Wildman–Crippen MR) is 31.5 cm³/mol. The van der Waals surface area contributed by atoms with Crippen LogP contribution in [0.15, 0.2) is 0 Å². The number of nitrogens with zero attached hydrogens (tertiary/aromatic N) is 1. The topological polar surface area (TPSA) is 47.6 Å². The van der Waals surface area contributed by atoms with Crippen molar-refractivity contribution in [1.82, 2.24) is 0 Å². The Hall–Kier alpha value is -0.490. The Labute approximate surface area is 47.0 Å². The molecule has 0 aromatic heterocycles. The zero-order valence-corrected chi connectivity index (χ0v) is 4.88. The van der Waals surface area contributed by atoms with E-state index in [9.17, 15) is 0 Å². The summed E-state index contributed by atoms with van der Waals surface area (Å²) in [6, 6.07) is 1.71. The summed E-state index contributed by atoms with van der Waals surface area (Å²) in [4.78, 5) is 0. The van der Waals surface area contributed by atoms with Crippen molar-refractivity contribution in [2.45, 2.75) is 6.92 Å². The Bertz CT molecular complexity index is 103. The molecule has 2 nitrogen and oxygen atoms in total. The molecule has 38 valence electrons. The van der Waals surface area contributed by atoms with Gasteiger partial charge in [0.15, 0.2) is 5.04 Å². The molecule has 0 aliphatic heterocycles. The first-order valence-corrected chi connectivity index (χ1v) is 2.91. The van der Waals surface area contributed by atoms with Gasteiger partial charge in [0.05, 0.1) is 0 Å². The molecular formula is C4H6N2S. The molecule has 0 aromatic rings. The van der Waals surface area contributed by atoms with Gasteiger partial charge >= 0.3 is 0 Å². The minimum atomic E-state index is 0.0995. The molecule has 0 aromatic carbocycles. The standard InChI is InChI=1S/C4H6N2S/c1-2-7-4(6)3-5/h6H,2H2,1H3. The number of hydrogen-bond donors (Lipinski definition) is 1. The summed E-state index contributed by atoms with van der Waals surface area (Å²) in [5, 5.41) is 14.8. The number of hydrogen-bond acceptors (Lipinski definition) is 3. The molecular weight excluding hydrogens is 108 g/mol. The monoisotopic (exact) mass is 114 g/mol. The summed E-state index contributed by atoms with van der Waals surface area (Å²) in [5.41, 5.74) is 0. The molecule has 0 saturated carbocycles. The molecule has 0 rings (SSSR count). The third-order valence-electron chi connectivity index (χ3n) is 0.390. The Balaban J connectivity index is 3.24. The van der Waals surface area contributed by atoms with Crippen LogP contribution in [0.1, 0.15) is 6.92 Å². The normalized spacial score (nSPS) is 7.43. The Morgan fingerprint density at radius 1 is 2.00 bits per heavy atom. The molecule has 0 atom stereocenters. The first kappa shape index (κ1) is 6.51. The summed E-state index contributed by atoms with van der Waals surface area (Å²) >= 11 is 1.25. The lowest BCUT2D eigenvalue weighted by atomic mass is 10.9. The fourth-order valence-electron chi connectivity index (χ4n) is 0.177. The summed E-state index contributed by atoms with van der Waals surface area (Å²) in [6.07, 6.45) is 0. The molecule has 0 unspecified atom stereocenters. The van der Waals surface area contributed by atoms with Crippen molar-refractivity contribution in [1.29, 1.82) is 10.7 Å². The van der Waals surface area contributed by atoms with Gasteiger partial charge in [0.2, 0.25) is 0 Å². The average Bonchev–Trinajstić information content (AvgIpc) is 1.68. The van der Waals surface area contributed by atoms with Gasteiger partial charge in [-0.1, -0.05) is 18.7 Å². The van der Waals surface area contributed by atoms with Crippen LogP contribution in [0.4, 0.5) is 0 Å². The highest BCUT2D eigenvalue weighted by atomic mass is 32.2. The highest BCUT2D eigenvalue weighted by Gasteiger charge is 1.86. The van der Waals surface area contributed by atoms with Crippen molar-refractivity contribution in [2.24, 2.45) is 0 Å². The largest absolute Gasteiger partial charge is 0.284 e. The lowest BCUT2D eigenvalue weighted by molar-refractivity contribution is 1.50. The minimum Gasteiger partial charge on any atom is -0.284 e. The molecule has 0 amide bonds. The lowest BCUT2D eigenvalue weighted by Crippen LogP contribution is -1.81. The van der Waals surface area contributed by atoms with Crippen molar-refractivity contribution in [3.8, 4) is 6.07 Å². The zero-order chi connectivity index (χ0) is 5.70. The first-order valence-electron chi connectivity index (χ1n) is 1.92. The van der Waals surface area contributed by atoms with Gasteiger partial charge in [-0.3, -0.25) is 5.41 Å². The van der Waals surface area contributed by atoms with Gasteiger partial charge in [0.1, 0.15) is 6.07 Å². The minimum absolute atomic E-state index is 0.0995. The maximum atomic E-state index is 7.97. The molecule has 0 bridgehead atoms. The molecule has 0 fully saturated rings. The van der Waals surface area contributed by atoms with Crippen LogP contribution >= 0.6 is 11.8 Å². The van der Waals surface area contributed by atoms with Gasteiger partial charge in [-0.05, 0) is 5.75 Å². The third kappa shape index (κ3) is 3.34. The van der Waals surface area contributed by atoms with Crippen LogP contribution in [0.3, 0.4) is 0 Å². The van der Waals surface area contributed by atoms with Gasteiger partial charge in [0.25, 0.3) is 0 Å². The smallest absolute Gasteiger partial charge is 0.166 e. The van der Waals surface area contributed by atoms with Crippen molar-refractivity contribution in [3.05, 3.63) is 0 Å². The van der Waals surface area contributed by atoms with E-state index in [1.807, 2.05) is 6.92 Å². The third-order valence-corrected chi connectivity index (χ3v) is 1.06. The van der Waals surface area contributed by atoms with Crippen LogP contribution in [0.25, 0.3) is 0 Å². The van der Waals surface area contributed by atoms with Gasteiger partial charge in [-0.15, -0.1) is 0 Å². The zero-order valence-electron chi connectivity index (χ0n) is 4.06. The fraction of sp³-hybridized carbons (Fsp3) is 0.500. The van der Waals surface area contributed by atoms with E-state index in [-0.39, 0.29) is 5.04 Å². The quantitative estimate of drug-likeness (QED) is 0.412. The van der Waals surface area contributed by atoms with Crippen LogP contribution in [-0.4, -0.2) is 10.8 Å².